The lowest BCUT2D eigenvalue weighted by molar-refractivity contribution is -0.145. The van der Waals surface area contributed by atoms with Crippen molar-refractivity contribution in [3.8, 4) is 0 Å². The predicted molar refractivity (Wildman–Crippen MR) is 95.3 cm³/mol. The highest BCUT2D eigenvalue weighted by atomic mass is 16.5. The van der Waals surface area contributed by atoms with Crippen molar-refractivity contribution in [3.05, 3.63) is 52.9 Å². The van der Waals surface area contributed by atoms with Crippen molar-refractivity contribution in [1.29, 1.82) is 0 Å². The zero-order valence-electron chi connectivity index (χ0n) is 15.4. The first-order valence-corrected chi connectivity index (χ1v) is 8.86. The Morgan fingerprint density at radius 2 is 2.04 bits per heavy atom. The van der Waals surface area contributed by atoms with E-state index in [2.05, 4.69) is 24.2 Å². The molecule has 1 aromatic heterocycles. The third-order valence-corrected chi connectivity index (χ3v) is 4.94. The number of benzene rings is 1. The van der Waals surface area contributed by atoms with Gasteiger partial charge < -0.3 is 14.2 Å². The average Bonchev–Trinajstić information content (AvgIpc) is 2.94. The number of hydrogen-bond donors (Lipinski definition) is 0. The molecule has 0 N–H and O–H groups in total. The van der Waals surface area contributed by atoms with E-state index >= 15 is 0 Å². The Balaban J connectivity index is 1.78. The lowest BCUT2D eigenvalue weighted by Gasteiger charge is -2.39. The zero-order valence-corrected chi connectivity index (χ0v) is 15.4. The lowest BCUT2D eigenvalue weighted by Crippen LogP contribution is -2.47. The van der Waals surface area contributed by atoms with Crippen LogP contribution in [0.1, 0.15) is 54.8 Å². The van der Waals surface area contributed by atoms with Crippen LogP contribution in [0.25, 0.3) is 0 Å². The maximum absolute atomic E-state index is 13.1. The first-order chi connectivity index (χ1) is 12.0. The monoisotopic (exact) mass is 342 g/mol. The van der Waals surface area contributed by atoms with Gasteiger partial charge in [-0.3, -0.25) is 4.79 Å². The Kier molecular flexibility index (Phi) is 5.23. The van der Waals surface area contributed by atoms with Gasteiger partial charge in [-0.25, -0.2) is 0 Å². The predicted octanol–water partition coefficient (Wildman–Crippen LogP) is 3.77. The summed E-state index contributed by atoms with van der Waals surface area (Å²) in [5, 5.41) is 4.01. The van der Waals surface area contributed by atoms with E-state index in [9.17, 15) is 4.79 Å². The van der Waals surface area contributed by atoms with Gasteiger partial charge >= 0.3 is 0 Å². The summed E-state index contributed by atoms with van der Waals surface area (Å²) in [5.74, 6) is 1.03. The van der Waals surface area contributed by atoms with Gasteiger partial charge in [0.25, 0.3) is 0 Å². The van der Waals surface area contributed by atoms with Gasteiger partial charge in [0, 0.05) is 18.5 Å². The van der Waals surface area contributed by atoms with Crippen molar-refractivity contribution in [2.45, 2.75) is 52.2 Å². The minimum atomic E-state index is -0.0261. The number of aromatic nitrogens is 1. The number of hydrogen-bond acceptors (Lipinski definition) is 4. The van der Waals surface area contributed by atoms with E-state index in [1.54, 1.807) is 0 Å². The Hall–Kier alpha value is -2.14. The fraction of sp³-hybridized carbons (Fsp3) is 0.500. The van der Waals surface area contributed by atoms with Crippen LogP contribution in [0.5, 0.6) is 0 Å². The molecule has 1 aliphatic rings. The Labute approximate surface area is 148 Å². The van der Waals surface area contributed by atoms with Crippen LogP contribution in [0.4, 0.5) is 0 Å². The fourth-order valence-corrected chi connectivity index (χ4v) is 3.70. The number of rotatable bonds is 4. The minimum absolute atomic E-state index is 0.0261. The average molecular weight is 342 g/mol. The van der Waals surface area contributed by atoms with Gasteiger partial charge in [-0.05, 0) is 32.3 Å². The summed E-state index contributed by atoms with van der Waals surface area (Å²) in [6, 6.07) is 10.1. The number of ether oxygens (including phenoxy) is 1. The van der Waals surface area contributed by atoms with E-state index < -0.39 is 0 Å². The second-order valence-corrected chi connectivity index (χ2v) is 6.96. The van der Waals surface area contributed by atoms with Crippen molar-refractivity contribution in [3.63, 3.8) is 0 Å². The molecule has 1 saturated heterocycles. The number of morpholine rings is 1. The molecule has 2 aromatic rings. The van der Waals surface area contributed by atoms with E-state index in [1.165, 1.54) is 0 Å². The summed E-state index contributed by atoms with van der Waals surface area (Å²) in [7, 11) is 0. The first-order valence-electron chi connectivity index (χ1n) is 8.86. The maximum atomic E-state index is 13.1. The first kappa shape index (κ1) is 17.7. The summed E-state index contributed by atoms with van der Waals surface area (Å²) in [6.07, 6.45) is 0.497. The molecule has 0 spiro atoms. The Morgan fingerprint density at radius 1 is 1.32 bits per heavy atom. The second-order valence-electron chi connectivity index (χ2n) is 6.96. The molecule has 5 nitrogen and oxygen atoms in total. The maximum Gasteiger partial charge on any atom is 0.223 e. The summed E-state index contributed by atoms with van der Waals surface area (Å²) in [6.45, 7) is 9.06. The van der Waals surface area contributed by atoms with Crippen LogP contribution in [0.3, 0.4) is 0 Å². The molecule has 134 valence electrons. The lowest BCUT2D eigenvalue weighted by atomic mass is 9.94. The molecule has 1 aliphatic heterocycles. The molecule has 3 rings (SSSR count). The summed E-state index contributed by atoms with van der Waals surface area (Å²) in [4.78, 5) is 15.0. The van der Waals surface area contributed by atoms with Gasteiger partial charge in [0.05, 0.1) is 24.4 Å². The van der Waals surface area contributed by atoms with Gasteiger partial charge in [-0.2, -0.15) is 0 Å². The summed E-state index contributed by atoms with van der Waals surface area (Å²) < 4.78 is 11.1. The normalized spacial score (nSPS) is 22.0. The minimum Gasteiger partial charge on any atom is -0.374 e. The van der Waals surface area contributed by atoms with Gasteiger partial charge in [-0.15, -0.1) is 0 Å². The molecule has 0 radical (unpaired) electrons. The Bertz CT molecular complexity index is 706. The number of aryl methyl sites for hydroxylation is 2. The van der Waals surface area contributed by atoms with E-state index in [1.807, 2.05) is 43.9 Å². The van der Waals surface area contributed by atoms with Crippen molar-refractivity contribution >= 4 is 5.91 Å². The SMILES string of the molecule is Cc1noc(C)c1C(C)CC(=O)N1CC(C)OCC1c1ccccc1. The zero-order chi connectivity index (χ0) is 18.0. The number of amides is 1. The van der Waals surface area contributed by atoms with Gasteiger partial charge in [0.1, 0.15) is 5.76 Å². The van der Waals surface area contributed by atoms with Crippen molar-refractivity contribution in [2.24, 2.45) is 0 Å². The number of carbonyl (C=O) groups is 1. The molecule has 2 heterocycles. The van der Waals surface area contributed by atoms with Crippen molar-refractivity contribution in [1.82, 2.24) is 10.1 Å². The topological polar surface area (TPSA) is 55.6 Å². The standard InChI is InChI=1S/C20H26N2O3/c1-13(20-15(3)21-25-16(20)4)10-19(23)22-11-14(2)24-12-18(22)17-8-6-5-7-9-17/h5-9,13-14,18H,10-12H2,1-4H3. The second kappa shape index (κ2) is 7.40. The molecular weight excluding hydrogens is 316 g/mol. The van der Waals surface area contributed by atoms with Gasteiger partial charge in [0.2, 0.25) is 5.91 Å². The van der Waals surface area contributed by atoms with Crippen molar-refractivity contribution in [2.75, 3.05) is 13.2 Å². The van der Waals surface area contributed by atoms with Crippen LogP contribution in [-0.4, -0.2) is 35.2 Å². The largest absolute Gasteiger partial charge is 0.374 e. The van der Waals surface area contributed by atoms with Crippen LogP contribution in [0.15, 0.2) is 34.9 Å². The molecule has 1 fully saturated rings. The highest BCUT2D eigenvalue weighted by molar-refractivity contribution is 5.78. The highest BCUT2D eigenvalue weighted by Gasteiger charge is 2.32. The van der Waals surface area contributed by atoms with E-state index in [0.717, 1.165) is 22.6 Å². The van der Waals surface area contributed by atoms with Crippen LogP contribution < -0.4 is 0 Å². The molecule has 3 unspecified atom stereocenters. The van der Waals surface area contributed by atoms with Crippen molar-refractivity contribution < 1.29 is 14.1 Å². The van der Waals surface area contributed by atoms with E-state index in [4.69, 9.17) is 9.26 Å². The van der Waals surface area contributed by atoms with Gasteiger partial charge in [-0.1, -0.05) is 42.4 Å². The van der Waals surface area contributed by atoms with Crippen LogP contribution in [0.2, 0.25) is 0 Å². The summed E-state index contributed by atoms with van der Waals surface area (Å²) in [5.41, 5.74) is 3.03. The quantitative estimate of drug-likeness (QED) is 0.848. The molecular formula is C20H26N2O3. The third-order valence-electron chi connectivity index (χ3n) is 4.94. The van der Waals surface area contributed by atoms with Crippen LogP contribution >= 0.6 is 0 Å². The smallest absolute Gasteiger partial charge is 0.223 e. The molecule has 0 aliphatic carbocycles. The molecule has 25 heavy (non-hydrogen) atoms. The van der Waals surface area contributed by atoms with Crippen LogP contribution in [0, 0.1) is 13.8 Å². The number of carbonyl (C=O) groups excluding carboxylic acids is 1. The molecule has 5 heteroatoms. The number of nitrogens with zero attached hydrogens (tertiary/aromatic N) is 2. The van der Waals surface area contributed by atoms with E-state index in [0.29, 0.717) is 19.6 Å². The molecule has 1 aromatic carbocycles. The van der Waals surface area contributed by atoms with Crippen LogP contribution in [-0.2, 0) is 9.53 Å². The molecule has 0 bridgehead atoms. The third kappa shape index (κ3) is 3.76. The highest BCUT2D eigenvalue weighted by Crippen LogP contribution is 2.31. The Morgan fingerprint density at radius 3 is 2.68 bits per heavy atom. The van der Waals surface area contributed by atoms with Gasteiger partial charge in [0.15, 0.2) is 0 Å². The summed E-state index contributed by atoms with van der Waals surface area (Å²) >= 11 is 0. The fourth-order valence-electron chi connectivity index (χ4n) is 3.70. The molecule has 0 saturated carbocycles. The molecule has 3 atom stereocenters. The van der Waals surface area contributed by atoms with E-state index in [-0.39, 0.29) is 24.0 Å². The molecule has 1 amide bonds.